The van der Waals surface area contributed by atoms with E-state index in [0.29, 0.717) is 19.2 Å². The zero-order valence-corrected chi connectivity index (χ0v) is 16.1. The van der Waals surface area contributed by atoms with Crippen molar-refractivity contribution in [2.45, 2.75) is 103 Å². The highest BCUT2D eigenvalue weighted by molar-refractivity contribution is 5.81. The van der Waals surface area contributed by atoms with Gasteiger partial charge in [0.1, 0.15) is 6.10 Å². The quantitative estimate of drug-likeness (QED) is 0.466. The minimum absolute atomic E-state index is 0.0781. The number of ether oxygens (including phenoxy) is 1. The molecule has 2 N–H and O–H groups in total. The third-order valence-corrected chi connectivity index (χ3v) is 4.88. The second-order valence-electron chi connectivity index (χ2n) is 7.17. The van der Waals surface area contributed by atoms with Crippen molar-refractivity contribution in [2.75, 3.05) is 19.7 Å². The number of rotatable bonds is 14. The topological polar surface area (TPSA) is 50.4 Å². The van der Waals surface area contributed by atoms with Gasteiger partial charge >= 0.3 is 0 Å². The van der Waals surface area contributed by atoms with Crippen LogP contribution in [0, 0.1) is 0 Å². The molecule has 142 valence electrons. The Morgan fingerprint density at radius 2 is 1.58 bits per heavy atom. The van der Waals surface area contributed by atoms with Crippen LogP contribution in [0.25, 0.3) is 0 Å². The fourth-order valence-corrected chi connectivity index (χ4v) is 3.31. The fourth-order valence-electron chi connectivity index (χ4n) is 3.31. The lowest BCUT2D eigenvalue weighted by Crippen LogP contribution is -2.50. The Balaban J connectivity index is 2.29. The Kier molecular flexibility index (Phi) is 13.1. The van der Waals surface area contributed by atoms with Crippen molar-refractivity contribution >= 4 is 5.91 Å². The summed E-state index contributed by atoms with van der Waals surface area (Å²) in [5.74, 6) is 0.0781. The second kappa shape index (κ2) is 14.7. The molecule has 0 spiro atoms. The number of unbranched alkanes of at least 4 members (excludes halogenated alkanes) is 8. The van der Waals surface area contributed by atoms with Crippen LogP contribution in [0.5, 0.6) is 0 Å². The first kappa shape index (κ1) is 21.4. The van der Waals surface area contributed by atoms with Gasteiger partial charge in [-0.3, -0.25) is 4.79 Å². The van der Waals surface area contributed by atoms with E-state index in [9.17, 15) is 4.79 Å². The number of hydrogen-bond donors (Lipinski definition) is 2. The van der Waals surface area contributed by atoms with Crippen molar-refractivity contribution in [3.05, 3.63) is 0 Å². The summed E-state index contributed by atoms with van der Waals surface area (Å²) < 4.78 is 5.58. The molecule has 0 radical (unpaired) electrons. The first-order valence-corrected chi connectivity index (χ1v) is 10.4. The summed E-state index contributed by atoms with van der Waals surface area (Å²) in [6.07, 6.45) is 14.8. The normalized spacial score (nSPS) is 18.0. The van der Waals surface area contributed by atoms with Crippen LogP contribution in [0.1, 0.15) is 90.9 Å². The average molecular weight is 341 g/mol. The molecule has 1 heterocycles. The van der Waals surface area contributed by atoms with Crippen molar-refractivity contribution in [1.29, 1.82) is 0 Å². The first-order valence-electron chi connectivity index (χ1n) is 10.4. The lowest BCUT2D eigenvalue weighted by Gasteiger charge is -2.26. The highest BCUT2D eigenvalue weighted by Gasteiger charge is 2.23. The first-order chi connectivity index (χ1) is 11.8. The van der Waals surface area contributed by atoms with Crippen molar-refractivity contribution in [1.82, 2.24) is 10.6 Å². The van der Waals surface area contributed by atoms with E-state index in [0.717, 1.165) is 19.4 Å². The van der Waals surface area contributed by atoms with Gasteiger partial charge in [0.2, 0.25) is 0 Å². The summed E-state index contributed by atoms with van der Waals surface area (Å²) in [5, 5.41) is 6.50. The summed E-state index contributed by atoms with van der Waals surface area (Å²) in [4.78, 5) is 12.4. The standard InChI is InChI=1S/C20H40N2O2/c1-3-5-7-9-11-13-18(14-12-10-8-6-4-2)22-20(23)19-17-21-15-16-24-19/h18-19,21H,3-17H2,1-2H3,(H,22,23)/t19-/m1/s1. The largest absolute Gasteiger partial charge is 0.366 e. The Bertz CT molecular complexity index is 290. The lowest BCUT2D eigenvalue weighted by molar-refractivity contribution is -0.135. The molecule has 0 bridgehead atoms. The molecule has 0 aromatic heterocycles. The number of morpholine rings is 1. The second-order valence-corrected chi connectivity index (χ2v) is 7.17. The van der Waals surface area contributed by atoms with E-state index in [2.05, 4.69) is 24.5 Å². The molecule has 0 aromatic carbocycles. The number of carbonyl (C=O) groups is 1. The Hall–Kier alpha value is -0.610. The van der Waals surface area contributed by atoms with Crippen LogP contribution in [0.2, 0.25) is 0 Å². The molecule has 1 amide bonds. The van der Waals surface area contributed by atoms with E-state index in [1.54, 1.807) is 0 Å². The summed E-state index contributed by atoms with van der Waals surface area (Å²) in [6.45, 7) is 6.62. The Morgan fingerprint density at radius 3 is 2.08 bits per heavy atom. The van der Waals surface area contributed by atoms with Gasteiger partial charge in [0.25, 0.3) is 5.91 Å². The molecular formula is C20H40N2O2. The monoisotopic (exact) mass is 340 g/mol. The van der Waals surface area contributed by atoms with Gasteiger partial charge in [-0.15, -0.1) is 0 Å². The summed E-state index contributed by atoms with van der Waals surface area (Å²) in [5.41, 5.74) is 0. The molecule has 24 heavy (non-hydrogen) atoms. The minimum Gasteiger partial charge on any atom is -0.366 e. The van der Waals surface area contributed by atoms with E-state index in [-0.39, 0.29) is 12.0 Å². The maximum atomic E-state index is 12.4. The molecule has 1 aliphatic rings. The molecule has 0 unspecified atom stereocenters. The summed E-state index contributed by atoms with van der Waals surface area (Å²) in [6, 6.07) is 0.325. The van der Waals surface area contributed by atoms with Gasteiger partial charge in [0, 0.05) is 19.1 Å². The van der Waals surface area contributed by atoms with E-state index in [4.69, 9.17) is 4.74 Å². The van der Waals surface area contributed by atoms with Crippen LogP contribution >= 0.6 is 0 Å². The molecule has 4 nitrogen and oxygen atoms in total. The molecule has 1 rings (SSSR count). The smallest absolute Gasteiger partial charge is 0.250 e. The number of hydrogen-bond acceptors (Lipinski definition) is 3. The molecular weight excluding hydrogens is 300 g/mol. The minimum atomic E-state index is -0.304. The summed E-state index contributed by atoms with van der Waals surface area (Å²) in [7, 11) is 0. The van der Waals surface area contributed by atoms with Crippen molar-refractivity contribution in [3.8, 4) is 0 Å². The van der Waals surface area contributed by atoms with Gasteiger partial charge in [-0.1, -0.05) is 78.1 Å². The van der Waals surface area contributed by atoms with Crippen molar-refractivity contribution in [2.24, 2.45) is 0 Å². The fraction of sp³-hybridized carbons (Fsp3) is 0.950. The number of carbonyl (C=O) groups excluding carboxylic acids is 1. The maximum absolute atomic E-state index is 12.4. The predicted octanol–water partition coefficient (Wildman–Crippen LogP) is 4.18. The van der Waals surface area contributed by atoms with E-state index in [1.807, 2.05) is 0 Å². The lowest BCUT2D eigenvalue weighted by atomic mass is 10.00. The third kappa shape index (κ3) is 10.3. The van der Waals surface area contributed by atoms with E-state index >= 15 is 0 Å². The molecule has 1 fully saturated rings. The Morgan fingerprint density at radius 1 is 1.00 bits per heavy atom. The highest BCUT2D eigenvalue weighted by Crippen LogP contribution is 2.14. The van der Waals surface area contributed by atoms with E-state index < -0.39 is 0 Å². The molecule has 4 heteroatoms. The average Bonchev–Trinajstić information content (AvgIpc) is 2.61. The van der Waals surface area contributed by atoms with Gasteiger partial charge < -0.3 is 15.4 Å². The predicted molar refractivity (Wildman–Crippen MR) is 101 cm³/mol. The van der Waals surface area contributed by atoms with Crippen LogP contribution in [0.3, 0.4) is 0 Å². The maximum Gasteiger partial charge on any atom is 0.250 e. The van der Waals surface area contributed by atoms with E-state index in [1.165, 1.54) is 64.2 Å². The molecule has 1 aliphatic heterocycles. The van der Waals surface area contributed by atoms with Crippen LogP contribution in [-0.4, -0.2) is 37.7 Å². The molecule has 1 atom stereocenters. The zero-order valence-electron chi connectivity index (χ0n) is 16.1. The van der Waals surface area contributed by atoms with Gasteiger partial charge in [-0.25, -0.2) is 0 Å². The third-order valence-electron chi connectivity index (χ3n) is 4.88. The molecule has 0 saturated carbocycles. The van der Waals surface area contributed by atoms with Gasteiger partial charge in [0.05, 0.1) is 6.61 Å². The number of nitrogens with one attached hydrogen (secondary N) is 2. The van der Waals surface area contributed by atoms with Crippen molar-refractivity contribution in [3.63, 3.8) is 0 Å². The van der Waals surface area contributed by atoms with Gasteiger partial charge in [-0.2, -0.15) is 0 Å². The molecule has 1 saturated heterocycles. The SMILES string of the molecule is CCCCCCCC(CCCCCCC)NC(=O)[C@H]1CNCCO1. The van der Waals surface area contributed by atoms with Crippen LogP contribution in [-0.2, 0) is 9.53 Å². The van der Waals surface area contributed by atoms with Crippen molar-refractivity contribution < 1.29 is 9.53 Å². The van der Waals surface area contributed by atoms with Gasteiger partial charge in [-0.05, 0) is 12.8 Å². The number of amides is 1. The summed E-state index contributed by atoms with van der Waals surface area (Å²) >= 11 is 0. The highest BCUT2D eigenvalue weighted by atomic mass is 16.5. The van der Waals surface area contributed by atoms with Gasteiger partial charge in [0.15, 0.2) is 0 Å². The Labute approximate surface area is 149 Å². The van der Waals surface area contributed by atoms with Crippen LogP contribution < -0.4 is 10.6 Å². The molecule has 0 aromatic rings. The van der Waals surface area contributed by atoms with Crippen LogP contribution in [0.15, 0.2) is 0 Å². The molecule has 0 aliphatic carbocycles. The zero-order chi connectivity index (χ0) is 17.5. The van der Waals surface area contributed by atoms with Crippen LogP contribution in [0.4, 0.5) is 0 Å².